The van der Waals surface area contributed by atoms with Gasteiger partial charge in [-0.05, 0) is 60.3 Å². The zero-order valence-corrected chi connectivity index (χ0v) is 23.4. The molecule has 40 heavy (non-hydrogen) atoms. The number of likely N-dealkylation sites (tertiary alicyclic amines) is 2. The average molecular weight is 545 g/mol. The molecule has 1 aliphatic carbocycles. The Morgan fingerprint density at radius 3 is 2.25 bits per heavy atom. The third-order valence-electron chi connectivity index (χ3n) is 8.94. The number of aryl methyl sites for hydroxylation is 1. The molecular weight excluding hydrogens is 503 g/mol. The molecule has 3 unspecified atom stereocenters. The molecule has 2 aliphatic heterocycles. The summed E-state index contributed by atoms with van der Waals surface area (Å²) in [6.07, 6.45) is 8.43. The molecule has 212 valence electrons. The first-order valence-corrected chi connectivity index (χ1v) is 14.6. The summed E-state index contributed by atoms with van der Waals surface area (Å²) < 4.78 is 16.0. The number of piperidine rings is 2. The van der Waals surface area contributed by atoms with Crippen LogP contribution in [0.2, 0.25) is 0 Å². The van der Waals surface area contributed by atoms with Gasteiger partial charge in [0.05, 0.1) is 12.6 Å². The van der Waals surface area contributed by atoms with Gasteiger partial charge in [0.1, 0.15) is 6.17 Å². The van der Waals surface area contributed by atoms with Crippen molar-refractivity contribution in [2.24, 2.45) is 18.2 Å². The highest BCUT2D eigenvalue weighted by Gasteiger charge is 2.43. The molecule has 3 heterocycles. The van der Waals surface area contributed by atoms with Gasteiger partial charge >= 0.3 is 6.03 Å². The maximum atomic E-state index is 14.4. The lowest BCUT2D eigenvalue weighted by atomic mass is 9.78. The predicted octanol–water partition coefficient (Wildman–Crippen LogP) is 5.93. The minimum absolute atomic E-state index is 0.000576. The van der Waals surface area contributed by atoms with Gasteiger partial charge < -0.3 is 20.1 Å². The first-order chi connectivity index (χ1) is 19.3. The molecule has 1 saturated carbocycles. The van der Waals surface area contributed by atoms with Crippen molar-refractivity contribution in [1.29, 1.82) is 0 Å². The summed E-state index contributed by atoms with van der Waals surface area (Å²) in [5, 5.41) is 0. The van der Waals surface area contributed by atoms with E-state index in [1.807, 2.05) is 71.6 Å². The van der Waals surface area contributed by atoms with Gasteiger partial charge in [-0.3, -0.25) is 4.79 Å². The first-order valence-electron chi connectivity index (χ1n) is 14.6. The van der Waals surface area contributed by atoms with Gasteiger partial charge in [-0.1, -0.05) is 73.5 Å². The van der Waals surface area contributed by atoms with Crippen molar-refractivity contribution in [3.63, 3.8) is 0 Å². The van der Waals surface area contributed by atoms with E-state index in [4.69, 9.17) is 5.73 Å². The van der Waals surface area contributed by atoms with Gasteiger partial charge in [-0.15, -0.1) is 0 Å². The van der Waals surface area contributed by atoms with Crippen LogP contribution in [0.5, 0.6) is 0 Å². The number of alkyl halides is 1. The maximum Gasteiger partial charge on any atom is 0.320 e. The smallest absolute Gasteiger partial charge is 0.320 e. The van der Waals surface area contributed by atoms with Crippen LogP contribution >= 0.6 is 0 Å². The van der Waals surface area contributed by atoms with Gasteiger partial charge in [0.2, 0.25) is 0 Å². The number of nitrogens with zero attached hydrogens (tertiary/aromatic N) is 3. The molecule has 3 fully saturated rings. The molecule has 3 aliphatic rings. The van der Waals surface area contributed by atoms with E-state index in [-0.39, 0.29) is 24.2 Å². The number of rotatable bonds is 2. The van der Waals surface area contributed by atoms with E-state index in [0.29, 0.717) is 11.8 Å². The van der Waals surface area contributed by atoms with Crippen LogP contribution in [0.3, 0.4) is 0 Å². The first kappa shape index (κ1) is 28.1. The minimum Gasteiger partial charge on any atom is -0.325 e. The molecule has 2 amide bonds. The van der Waals surface area contributed by atoms with Gasteiger partial charge in [0, 0.05) is 38.4 Å². The standard InChI is InChI=1S/C21H30FN3O.C12H11NO/c22-17-14-25(19(13-18(17)23)16-7-2-1-3-8-16)20(26)24-12-6-11-21(15-24)9-4-5-10-21;1-13-8-7-11(9-12(13)14)10-5-3-2-4-6-10/h1-3,7-8,17-19H,4-6,9-15,23H2;2-9H,1H3. The van der Waals surface area contributed by atoms with E-state index in [1.54, 1.807) is 28.8 Å². The van der Waals surface area contributed by atoms with Crippen LogP contribution in [0.4, 0.5) is 9.18 Å². The van der Waals surface area contributed by atoms with Gasteiger partial charge in [0.25, 0.3) is 5.56 Å². The number of nitrogens with two attached hydrogens (primary N) is 1. The Balaban J connectivity index is 0.000000194. The highest BCUT2D eigenvalue weighted by molar-refractivity contribution is 5.75. The van der Waals surface area contributed by atoms with Crippen LogP contribution < -0.4 is 11.3 Å². The van der Waals surface area contributed by atoms with Gasteiger partial charge in [0.15, 0.2) is 0 Å². The zero-order valence-electron chi connectivity index (χ0n) is 23.4. The van der Waals surface area contributed by atoms with Crippen molar-refractivity contribution in [3.05, 3.63) is 94.9 Å². The van der Waals surface area contributed by atoms with Crippen molar-refractivity contribution in [3.8, 4) is 11.1 Å². The second-order valence-electron chi connectivity index (χ2n) is 11.7. The molecule has 2 saturated heterocycles. The van der Waals surface area contributed by atoms with Crippen LogP contribution in [0, 0.1) is 5.41 Å². The quantitative estimate of drug-likeness (QED) is 0.435. The lowest BCUT2D eigenvalue weighted by Gasteiger charge is -2.46. The lowest BCUT2D eigenvalue weighted by molar-refractivity contribution is 0.0461. The van der Waals surface area contributed by atoms with Crippen LogP contribution in [0.25, 0.3) is 11.1 Å². The molecule has 0 radical (unpaired) electrons. The van der Waals surface area contributed by atoms with Crippen molar-refractivity contribution in [2.45, 2.75) is 63.2 Å². The maximum absolute atomic E-state index is 14.4. The number of halogens is 1. The molecule has 1 aromatic heterocycles. The second-order valence-corrected chi connectivity index (χ2v) is 11.7. The normalized spacial score (nSPS) is 23.9. The molecule has 6 nitrogen and oxygen atoms in total. The SMILES string of the molecule is Cn1ccc(-c2ccccc2)cc1=O.NC1CC(c2ccccc2)N(C(=O)N2CCCC3(CCCC3)C2)CC1F. The van der Waals surface area contributed by atoms with E-state index in [9.17, 15) is 14.0 Å². The Kier molecular flexibility index (Phi) is 8.69. The van der Waals surface area contributed by atoms with E-state index in [1.165, 1.54) is 32.1 Å². The summed E-state index contributed by atoms with van der Waals surface area (Å²) in [6, 6.07) is 22.8. The number of hydrogen-bond acceptors (Lipinski definition) is 3. The number of carbonyl (C=O) groups is 1. The summed E-state index contributed by atoms with van der Waals surface area (Å²) in [4.78, 5) is 28.5. The predicted molar refractivity (Wildman–Crippen MR) is 158 cm³/mol. The highest BCUT2D eigenvalue weighted by atomic mass is 19.1. The fourth-order valence-corrected chi connectivity index (χ4v) is 6.63. The number of benzene rings is 2. The molecule has 0 bridgehead atoms. The Hall–Kier alpha value is -3.45. The molecule has 1 spiro atoms. The highest BCUT2D eigenvalue weighted by Crippen LogP contribution is 2.45. The van der Waals surface area contributed by atoms with Gasteiger partial charge in [-0.25, -0.2) is 9.18 Å². The van der Waals surface area contributed by atoms with Crippen LogP contribution in [-0.4, -0.2) is 52.2 Å². The summed E-state index contributed by atoms with van der Waals surface area (Å²) in [7, 11) is 1.75. The van der Waals surface area contributed by atoms with E-state index in [0.717, 1.165) is 36.2 Å². The third-order valence-corrected chi connectivity index (χ3v) is 8.94. The lowest BCUT2D eigenvalue weighted by Crippen LogP contribution is -2.57. The Morgan fingerprint density at radius 2 is 1.57 bits per heavy atom. The second kappa shape index (κ2) is 12.4. The monoisotopic (exact) mass is 544 g/mol. The number of carbonyl (C=O) groups excluding carboxylic acids is 1. The van der Waals surface area contributed by atoms with E-state index in [2.05, 4.69) is 0 Å². The number of hydrogen-bond donors (Lipinski definition) is 1. The minimum atomic E-state index is -1.15. The fourth-order valence-electron chi connectivity index (χ4n) is 6.63. The van der Waals surface area contributed by atoms with Crippen LogP contribution in [-0.2, 0) is 7.05 Å². The zero-order chi connectivity index (χ0) is 28.1. The Morgan fingerprint density at radius 1 is 0.925 bits per heavy atom. The fraction of sp³-hybridized carbons (Fsp3) is 0.455. The largest absolute Gasteiger partial charge is 0.325 e. The van der Waals surface area contributed by atoms with Crippen molar-refractivity contribution in [1.82, 2.24) is 14.4 Å². The van der Waals surface area contributed by atoms with E-state index >= 15 is 0 Å². The summed E-state index contributed by atoms with van der Waals surface area (Å²) >= 11 is 0. The summed E-state index contributed by atoms with van der Waals surface area (Å²) in [5.41, 5.74) is 9.44. The van der Waals surface area contributed by atoms with Crippen molar-refractivity contribution < 1.29 is 9.18 Å². The van der Waals surface area contributed by atoms with Crippen LogP contribution in [0.15, 0.2) is 83.8 Å². The summed E-state index contributed by atoms with van der Waals surface area (Å²) in [6.45, 7) is 1.73. The molecule has 3 aromatic rings. The number of amides is 2. The van der Waals surface area contributed by atoms with E-state index < -0.39 is 12.2 Å². The molecule has 2 N–H and O–H groups in total. The number of pyridine rings is 1. The third kappa shape index (κ3) is 6.30. The molecule has 6 rings (SSSR count). The molecule has 3 atom stereocenters. The topological polar surface area (TPSA) is 71.6 Å². The van der Waals surface area contributed by atoms with Crippen molar-refractivity contribution >= 4 is 6.03 Å². The van der Waals surface area contributed by atoms with Gasteiger partial charge in [-0.2, -0.15) is 0 Å². The Labute approximate surface area is 236 Å². The molecular formula is C33H41FN4O2. The number of urea groups is 1. The Bertz CT molecular complexity index is 1320. The average Bonchev–Trinajstić information content (AvgIpc) is 3.43. The molecule has 2 aromatic carbocycles. The van der Waals surface area contributed by atoms with Crippen LogP contribution in [0.1, 0.15) is 56.6 Å². The van der Waals surface area contributed by atoms with Crippen molar-refractivity contribution in [2.75, 3.05) is 19.6 Å². The number of aromatic nitrogens is 1. The summed E-state index contributed by atoms with van der Waals surface area (Å²) in [5.74, 6) is 0. The molecule has 7 heteroatoms.